The van der Waals surface area contributed by atoms with Gasteiger partial charge in [0.1, 0.15) is 0 Å². The molecule has 90 valence electrons. The molecule has 0 amide bonds. The Hall–Kier alpha value is -1.37. The first-order valence-electron chi connectivity index (χ1n) is 4.71. The van der Waals surface area contributed by atoms with Crippen molar-refractivity contribution in [1.29, 1.82) is 0 Å². The topological polar surface area (TPSA) is 51.0 Å². The van der Waals surface area contributed by atoms with Gasteiger partial charge in [0.25, 0.3) is 0 Å². The fourth-order valence-corrected chi connectivity index (χ4v) is 0.998. The van der Waals surface area contributed by atoms with E-state index in [4.69, 9.17) is 4.52 Å². The van der Waals surface area contributed by atoms with Crippen LogP contribution in [0.5, 0.6) is 0 Å². The van der Waals surface area contributed by atoms with Crippen LogP contribution in [0.2, 0.25) is 0 Å². The summed E-state index contributed by atoms with van der Waals surface area (Å²) in [5, 5.41) is 6.35. The van der Waals surface area contributed by atoms with Gasteiger partial charge in [0.05, 0.1) is 13.0 Å². The van der Waals surface area contributed by atoms with E-state index in [9.17, 15) is 13.2 Å². The predicted molar refractivity (Wildman–Crippen MR) is 50.6 cm³/mol. The van der Waals surface area contributed by atoms with E-state index in [0.717, 1.165) is 0 Å². The molecule has 0 aliphatic carbocycles. The first-order valence-corrected chi connectivity index (χ1v) is 4.71. The van der Waals surface area contributed by atoms with E-state index in [1.165, 1.54) is 0 Å². The Kier molecular flexibility index (Phi) is 4.48. The lowest BCUT2D eigenvalue weighted by molar-refractivity contribution is -0.134. The average Bonchev–Trinajstić information content (AvgIpc) is 2.62. The molecule has 0 fully saturated rings. The molecule has 7 heteroatoms. The molecule has 1 aromatic heterocycles. The Morgan fingerprint density at radius 1 is 1.44 bits per heavy atom. The minimum atomic E-state index is -4.19. The van der Waals surface area contributed by atoms with Crippen molar-refractivity contribution in [2.75, 3.05) is 6.54 Å². The molecule has 1 aromatic rings. The Labute approximate surface area is 90.5 Å². The van der Waals surface area contributed by atoms with Crippen molar-refractivity contribution in [3.63, 3.8) is 0 Å². The highest BCUT2D eigenvalue weighted by Crippen LogP contribution is 2.21. The van der Waals surface area contributed by atoms with Crippen molar-refractivity contribution in [2.45, 2.75) is 25.6 Å². The summed E-state index contributed by atoms with van der Waals surface area (Å²) in [6, 6.07) is 0. The molecule has 0 atom stereocenters. The maximum absolute atomic E-state index is 11.9. The van der Waals surface area contributed by atoms with E-state index in [0.29, 0.717) is 13.1 Å². The predicted octanol–water partition coefficient (Wildman–Crippen LogP) is 1.84. The van der Waals surface area contributed by atoms with E-state index < -0.39 is 12.6 Å². The highest BCUT2D eigenvalue weighted by atomic mass is 19.4. The van der Waals surface area contributed by atoms with Crippen molar-refractivity contribution < 1.29 is 17.7 Å². The largest absolute Gasteiger partial charge is 0.389 e. The Balaban J connectivity index is 2.36. The minimum absolute atomic E-state index is 0.0766. The molecule has 0 unspecified atom stereocenters. The Morgan fingerprint density at radius 2 is 2.19 bits per heavy atom. The zero-order chi connectivity index (χ0) is 12.0. The summed E-state index contributed by atoms with van der Waals surface area (Å²) in [4.78, 5) is 3.81. The second-order valence-electron chi connectivity index (χ2n) is 3.14. The zero-order valence-electron chi connectivity index (χ0n) is 8.55. The van der Waals surface area contributed by atoms with E-state index >= 15 is 0 Å². The lowest BCUT2D eigenvalue weighted by atomic mass is 10.3. The van der Waals surface area contributed by atoms with Crippen LogP contribution in [-0.4, -0.2) is 22.9 Å². The third-order valence-electron chi connectivity index (χ3n) is 1.71. The van der Waals surface area contributed by atoms with Crippen LogP contribution >= 0.6 is 0 Å². The third-order valence-corrected chi connectivity index (χ3v) is 1.71. The summed E-state index contributed by atoms with van der Waals surface area (Å²) in [6.45, 7) is 4.39. The van der Waals surface area contributed by atoms with Crippen molar-refractivity contribution in [3.05, 3.63) is 24.4 Å². The van der Waals surface area contributed by atoms with Gasteiger partial charge in [0.15, 0.2) is 5.82 Å². The van der Waals surface area contributed by atoms with Gasteiger partial charge < -0.3 is 9.84 Å². The van der Waals surface area contributed by atoms with Gasteiger partial charge in [-0.2, -0.15) is 18.2 Å². The van der Waals surface area contributed by atoms with Crippen LogP contribution in [0.25, 0.3) is 0 Å². The number of halogens is 3. The zero-order valence-corrected chi connectivity index (χ0v) is 8.55. The van der Waals surface area contributed by atoms with Crippen LogP contribution in [0.1, 0.15) is 18.1 Å². The summed E-state index contributed by atoms with van der Waals surface area (Å²) in [7, 11) is 0. The summed E-state index contributed by atoms with van der Waals surface area (Å²) in [5.74, 6) is 0.353. The number of nitrogens with one attached hydrogen (secondary N) is 1. The van der Waals surface area contributed by atoms with Gasteiger partial charge in [-0.3, -0.25) is 0 Å². The third kappa shape index (κ3) is 4.92. The molecule has 1 N–H and O–H groups in total. The summed E-state index contributed by atoms with van der Waals surface area (Å²) in [6.07, 6.45) is -3.73. The quantitative estimate of drug-likeness (QED) is 0.603. The fourth-order valence-electron chi connectivity index (χ4n) is 0.998. The Morgan fingerprint density at radius 3 is 2.81 bits per heavy atom. The maximum atomic E-state index is 11.9. The van der Waals surface area contributed by atoms with Gasteiger partial charge in [0.2, 0.25) is 5.89 Å². The molecule has 0 aliphatic heterocycles. The molecule has 0 spiro atoms. The molecule has 4 nitrogen and oxygen atoms in total. The Bertz CT molecular complexity index is 335. The number of aromatic nitrogens is 2. The number of aryl methyl sites for hydroxylation is 1. The van der Waals surface area contributed by atoms with Gasteiger partial charge in [-0.25, -0.2) is 0 Å². The highest BCUT2D eigenvalue weighted by molar-refractivity contribution is 4.87. The highest BCUT2D eigenvalue weighted by Gasteiger charge is 2.27. The molecular formula is C9H12F3N3O. The summed E-state index contributed by atoms with van der Waals surface area (Å²) < 4.78 is 40.4. The second kappa shape index (κ2) is 5.64. The monoisotopic (exact) mass is 235 g/mol. The van der Waals surface area contributed by atoms with Crippen LogP contribution in [0.3, 0.4) is 0 Å². The first-order chi connectivity index (χ1) is 7.51. The van der Waals surface area contributed by atoms with E-state index in [2.05, 4.69) is 22.0 Å². The van der Waals surface area contributed by atoms with Crippen molar-refractivity contribution in [1.82, 2.24) is 15.5 Å². The van der Waals surface area contributed by atoms with Crippen LogP contribution in [0.15, 0.2) is 17.2 Å². The average molecular weight is 235 g/mol. The van der Waals surface area contributed by atoms with Crippen LogP contribution in [0.4, 0.5) is 13.2 Å². The van der Waals surface area contributed by atoms with Gasteiger partial charge in [0, 0.05) is 13.0 Å². The molecule has 1 rings (SSSR count). The van der Waals surface area contributed by atoms with Gasteiger partial charge in [-0.05, 0) is 0 Å². The van der Waals surface area contributed by atoms with Crippen molar-refractivity contribution >= 4 is 0 Å². The van der Waals surface area contributed by atoms with E-state index in [1.54, 1.807) is 6.08 Å². The molecule has 0 aromatic carbocycles. The lowest BCUT2D eigenvalue weighted by Crippen LogP contribution is -2.13. The summed E-state index contributed by atoms with van der Waals surface area (Å²) in [5.41, 5.74) is 0. The standard InChI is InChI=1S/C9H12F3N3O/c1-2-5-13-6-8-14-7(15-16-8)3-4-9(10,11)12/h2,13H,1,3-6H2. The van der Waals surface area contributed by atoms with Crippen LogP contribution < -0.4 is 5.32 Å². The van der Waals surface area contributed by atoms with Crippen LogP contribution in [-0.2, 0) is 13.0 Å². The van der Waals surface area contributed by atoms with E-state index in [-0.39, 0.29) is 18.1 Å². The smallest absolute Gasteiger partial charge is 0.338 e. The molecule has 0 radical (unpaired) electrons. The molecule has 0 saturated heterocycles. The SMILES string of the molecule is C=CCNCc1nc(CCC(F)(F)F)no1. The lowest BCUT2D eigenvalue weighted by Gasteiger charge is -2.01. The number of rotatable bonds is 6. The van der Waals surface area contributed by atoms with Crippen molar-refractivity contribution in [3.8, 4) is 0 Å². The molecule has 1 heterocycles. The number of hydrogen-bond donors (Lipinski definition) is 1. The molecule has 0 aliphatic rings. The molecule has 16 heavy (non-hydrogen) atoms. The molecular weight excluding hydrogens is 223 g/mol. The van der Waals surface area contributed by atoms with Gasteiger partial charge in [-0.1, -0.05) is 11.2 Å². The number of alkyl halides is 3. The second-order valence-corrected chi connectivity index (χ2v) is 3.14. The first kappa shape index (κ1) is 12.7. The molecule has 0 bridgehead atoms. The summed E-state index contributed by atoms with van der Waals surface area (Å²) >= 11 is 0. The minimum Gasteiger partial charge on any atom is -0.338 e. The van der Waals surface area contributed by atoms with Crippen LogP contribution in [0, 0.1) is 0 Å². The number of nitrogens with zero attached hydrogens (tertiary/aromatic N) is 2. The molecule has 0 saturated carbocycles. The number of hydrogen-bond acceptors (Lipinski definition) is 4. The van der Waals surface area contributed by atoms with Gasteiger partial charge >= 0.3 is 6.18 Å². The van der Waals surface area contributed by atoms with E-state index in [1.807, 2.05) is 0 Å². The van der Waals surface area contributed by atoms with Gasteiger partial charge in [-0.15, -0.1) is 6.58 Å². The fraction of sp³-hybridized carbons (Fsp3) is 0.556. The maximum Gasteiger partial charge on any atom is 0.389 e. The normalized spacial score (nSPS) is 11.7. The van der Waals surface area contributed by atoms with Crippen molar-refractivity contribution in [2.24, 2.45) is 0 Å².